The van der Waals surface area contributed by atoms with E-state index < -0.39 is 10.0 Å². The second-order valence-electron chi connectivity index (χ2n) is 9.64. The van der Waals surface area contributed by atoms with Crippen LogP contribution in [-0.2, 0) is 16.6 Å². The van der Waals surface area contributed by atoms with Gasteiger partial charge in [-0.2, -0.15) is 5.26 Å². The maximum absolute atomic E-state index is 12.2. The number of piperidine rings is 1. The summed E-state index contributed by atoms with van der Waals surface area (Å²) in [4.78, 5) is 2.46. The van der Waals surface area contributed by atoms with Crippen molar-refractivity contribution < 1.29 is 8.42 Å². The number of nitriles is 1. The Hall–Kier alpha value is -2.98. The maximum Gasteiger partial charge on any atom is 0.232 e. The molecule has 1 N–H and O–H groups in total. The van der Waals surface area contributed by atoms with Crippen LogP contribution in [0.25, 0.3) is 22.2 Å². The highest BCUT2D eigenvalue weighted by Gasteiger charge is 2.27. The number of benzene rings is 2. The first-order chi connectivity index (χ1) is 16.5. The Balaban J connectivity index is 1.57. The lowest BCUT2D eigenvalue weighted by Crippen LogP contribution is -2.29. The summed E-state index contributed by atoms with van der Waals surface area (Å²) in [6.07, 6.45) is 6.77. The Morgan fingerprint density at radius 2 is 1.79 bits per heavy atom. The van der Waals surface area contributed by atoms with Crippen molar-refractivity contribution in [2.45, 2.75) is 52.0 Å². The van der Waals surface area contributed by atoms with Crippen LogP contribution in [0, 0.1) is 17.2 Å². The number of nitrogens with one attached hydrogen (secondary N) is 1. The Bertz CT molecular complexity index is 1330. The maximum atomic E-state index is 12.2. The number of hydrogen-bond donors (Lipinski definition) is 1. The molecule has 178 valence electrons. The van der Waals surface area contributed by atoms with Crippen molar-refractivity contribution in [1.29, 1.82) is 5.26 Å². The zero-order chi connectivity index (χ0) is 23.7. The molecule has 0 atom stereocenters. The van der Waals surface area contributed by atoms with Gasteiger partial charge in [0.05, 0.1) is 22.5 Å². The Kier molecular flexibility index (Phi) is 6.26. The SMILES string of the molecule is CCCS(=O)(=O)Nc1ccc(-c2c(C#N)c3ccc(N4CCCCC4)cc3n2CC2CC2)cc1. The van der Waals surface area contributed by atoms with Crippen LogP contribution < -0.4 is 9.62 Å². The fourth-order valence-electron chi connectivity index (χ4n) is 5.04. The van der Waals surface area contributed by atoms with Crippen molar-refractivity contribution in [3.63, 3.8) is 0 Å². The fraction of sp³-hybridized carbons (Fsp3) is 0.444. The molecule has 1 saturated carbocycles. The minimum atomic E-state index is -3.34. The van der Waals surface area contributed by atoms with E-state index in [9.17, 15) is 13.7 Å². The molecule has 34 heavy (non-hydrogen) atoms. The van der Waals surface area contributed by atoms with E-state index in [1.807, 2.05) is 19.1 Å². The molecule has 1 aliphatic carbocycles. The van der Waals surface area contributed by atoms with Gasteiger partial charge in [-0.25, -0.2) is 8.42 Å². The first-order valence-electron chi connectivity index (χ1n) is 12.4. The standard InChI is InChI=1S/C27H32N4O2S/c1-2-16-34(32,33)29-22-10-8-21(9-11-22)27-25(18-28)24-13-12-23(30-14-4-3-5-15-30)17-26(24)31(27)19-20-6-7-20/h8-13,17,20,29H,2-7,14-16,19H2,1H3. The van der Waals surface area contributed by atoms with Crippen molar-refractivity contribution >= 4 is 32.3 Å². The zero-order valence-electron chi connectivity index (χ0n) is 19.8. The molecule has 3 aromatic rings. The van der Waals surface area contributed by atoms with Crippen LogP contribution in [0.2, 0.25) is 0 Å². The lowest BCUT2D eigenvalue weighted by Gasteiger charge is -2.29. The van der Waals surface area contributed by atoms with Crippen LogP contribution in [0.1, 0.15) is 51.0 Å². The third-order valence-corrected chi connectivity index (χ3v) is 8.42. The van der Waals surface area contributed by atoms with Crippen LogP contribution in [0.4, 0.5) is 11.4 Å². The Morgan fingerprint density at radius 3 is 2.44 bits per heavy atom. The van der Waals surface area contributed by atoms with Crippen LogP contribution in [0.5, 0.6) is 0 Å². The first kappa shape index (κ1) is 22.8. The van der Waals surface area contributed by atoms with Crippen LogP contribution in [-0.4, -0.2) is 31.8 Å². The molecule has 2 aliphatic rings. The van der Waals surface area contributed by atoms with Crippen molar-refractivity contribution in [2.24, 2.45) is 5.92 Å². The molecule has 1 aliphatic heterocycles. The number of nitrogens with zero attached hydrogens (tertiary/aromatic N) is 3. The summed E-state index contributed by atoms with van der Waals surface area (Å²) in [5.74, 6) is 0.752. The van der Waals surface area contributed by atoms with Gasteiger partial charge in [-0.15, -0.1) is 0 Å². The van der Waals surface area contributed by atoms with E-state index in [1.165, 1.54) is 37.8 Å². The van der Waals surface area contributed by atoms with Crippen LogP contribution in [0.15, 0.2) is 42.5 Å². The number of aromatic nitrogens is 1. The van der Waals surface area contributed by atoms with Crippen molar-refractivity contribution in [3.05, 3.63) is 48.0 Å². The van der Waals surface area contributed by atoms with Crippen LogP contribution in [0.3, 0.4) is 0 Å². The number of sulfonamides is 1. The lowest BCUT2D eigenvalue weighted by atomic mass is 10.0. The summed E-state index contributed by atoms with van der Waals surface area (Å²) in [5, 5.41) is 11.2. The van der Waals surface area contributed by atoms with Crippen LogP contribution >= 0.6 is 0 Å². The third kappa shape index (κ3) is 4.65. The second kappa shape index (κ2) is 9.34. The third-order valence-electron chi connectivity index (χ3n) is 6.92. The molecular formula is C27H32N4O2S. The zero-order valence-corrected chi connectivity index (χ0v) is 20.6. The summed E-state index contributed by atoms with van der Waals surface area (Å²) in [6.45, 7) is 4.92. The molecule has 0 amide bonds. The average Bonchev–Trinajstić information content (AvgIpc) is 3.61. The van der Waals surface area contributed by atoms with Gasteiger partial charge >= 0.3 is 0 Å². The molecule has 1 aromatic heterocycles. The van der Waals surface area contributed by atoms with Crippen molar-refractivity contribution in [1.82, 2.24) is 4.57 Å². The molecule has 6 nitrogen and oxygen atoms in total. The summed E-state index contributed by atoms with van der Waals surface area (Å²) in [7, 11) is -3.34. The fourth-order valence-corrected chi connectivity index (χ4v) is 6.18. The van der Waals surface area contributed by atoms with Gasteiger partial charge in [0.25, 0.3) is 0 Å². The molecule has 0 unspecified atom stereocenters. The monoisotopic (exact) mass is 476 g/mol. The molecule has 5 rings (SSSR count). The van der Waals surface area contributed by atoms with E-state index in [4.69, 9.17) is 0 Å². The van der Waals surface area contributed by atoms with E-state index in [0.29, 0.717) is 23.6 Å². The van der Waals surface area contributed by atoms with E-state index >= 15 is 0 Å². The van der Waals surface area contributed by atoms with E-state index in [0.717, 1.165) is 41.8 Å². The summed E-state index contributed by atoms with van der Waals surface area (Å²) >= 11 is 0. The normalized spacial score (nSPS) is 16.5. The van der Waals surface area contributed by atoms with E-state index in [-0.39, 0.29) is 5.75 Å². The molecule has 2 heterocycles. The Labute approximate surface area is 202 Å². The summed E-state index contributed by atoms with van der Waals surface area (Å²) < 4.78 is 29.3. The summed E-state index contributed by atoms with van der Waals surface area (Å²) in [5.41, 5.74) is 5.47. The molecule has 2 fully saturated rings. The smallest absolute Gasteiger partial charge is 0.232 e. The molecule has 0 spiro atoms. The highest BCUT2D eigenvalue weighted by Crippen LogP contribution is 2.40. The highest BCUT2D eigenvalue weighted by molar-refractivity contribution is 7.92. The highest BCUT2D eigenvalue weighted by atomic mass is 32.2. The Morgan fingerprint density at radius 1 is 1.06 bits per heavy atom. The van der Waals surface area contributed by atoms with Gasteiger partial charge in [0, 0.05) is 36.4 Å². The number of rotatable bonds is 8. The van der Waals surface area contributed by atoms with Gasteiger partial charge < -0.3 is 9.47 Å². The first-order valence-corrected chi connectivity index (χ1v) is 14.1. The van der Waals surface area contributed by atoms with Gasteiger partial charge in [-0.3, -0.25) is 4.72 Å². The predicted octanol–water partition coefficient (Wildman–Crippen LogP) is 5.73. The molecule has 1 saturated heterocycles. The lowest BCUT2D eigenvalue weighted by molar-refractivity contribution is 0.578. The molecular weight excluding hydrogens is 444 g/mol. The quantitative estimate of drug-likeness (QED) is 0.450. The van der Waals surface area contributed by atoms with Crippen molar-refractivity contribution in [2.75, 3.05) is 28.5 Å². The topological polar surface area (TPSA) is 78.1 Å². The average molecular weight is 477 g/mol. The minimum absolute atomic E-state index is 0.0995. The predicted molar refractivity (Wildman–Crippen MR) is 139 cm³/mol. The summed E-state index contributed by atoms with van der Waals surface area (Å²) in [6, 6.07) is 16.4. The number of hydrogen-bond acceptors (Lipinski definition) is 4. The molecule has 0 bridgehead atoms. The molecule has 7 heteroatoms. The van der Waals surface area contributed by atoms with Gasteiger partial charge in [0.15, 0.2) is 0 Å². The largest absolute Gasteiger partial charge is 0.371 e. The van der Waals surface area contributed by atoms with Gasteiger partial charge in [0.1, 0.15) is 6.07 Å². The molecule has 2 aromatic carbocycles. The van der Waals surface area contributed by atoms with Gasteiger partial charge in [0.2, 0.25) is 10.0 Å². The van der Waals surface area contributed by atoms with E-state index in [2.05, 4.69) is 38.5 Å². The minimum Gasteiger partial charge on any atom is -0.371 e. The van der Waals surface area contributed by atoms with Crippen molar-refractivity contribution in [3.8, 4) is 17.3 Å². The number of anilines is 2. The van der Waals surface area contributed by atoms with Gasteiger partial charge in [-0.05, 0) is 80.3 Å². The molecule has 0 radical (unpaired) electrons. The van der Waals surface area contributed by atoms with E-state index in [1.54, 1.807) is 12.1 Å². The van der Waals surface area contributed by atoms with Gasteiger partial charge in [-0.1, -0.05) is 19.1 Å². The second-order valence-corrected chi connectivity index (χ2v) is 11.5. The number of fused-ring (bicyclic) bond motifs is 1.